The predicted octanol–water partition coefficient (Wildman–Crippen LogP) is 1.88. The van der Waals surface area contributed by atoms with Gasteiger partial charge < -0.3 is 15.6 Å². The van der Waals surface area contributed by atoms with Crippen molar-refractivity contribution >= 4 is 5.69 Å². The van der Waals surface area contributed by atoms with Gasteiger partial charge in [0.05, 0.1) is 5.69 Å². The number of aliphatic hydroxyl groups is 1. The van der Waals surface area contributed by atoms with E-state index in [-0.39, 0.29) is 6.61 Å². The number of aliphatic hydroxyl groups excluding tert-OH is 1. The van der Waals surface area contributed by atoms with E-state index in [2.05, 4.69) is 4.90 Å². The molecule has 0 spiro atoms. The number of hydrogen-bond acceptors (Lipinski definition) is 4. The minimum atomic E-state index is 0.271. The van der Waals surface area contributed by atoms with Crippen LogP contribution >= 0.6 is 0 Å². The van der Waals surface area contributed by atoms with Gasteiger partial charge in [-0.15, -0.1) is 0 Å². The maximum atomic E-state index is 9.10. The van der Waals surface area contributed by atoms with E-state index in [1.165, 1.54) is 19.3 Å². The second-order valence-corrected chi connectivity index (χ2v) is 5.08. The Hall–Kier alpha value is -1.26. The van der Waals surface area contributed by atoms with Crippen molar-refractivity contribution in [3.8, 4) is 5.75 Å². The molecule has 0 aliphatic carbocycles. The lowest BCUT2D eigenvalue weighted by Gasteiger charge is -2.35. The van der Waals surface area contributed by atoms with Crippen molar-refractivity contribution in [1.29, 1.82) is 0 Å². The van der Waals surface area contributed by atoms with Gasteiger partial charge in [-0.05, 0) is 37.9 Å². The van der Waals surface area contributed by atoms with Gasteiger partial charge in [0.25, 0.3) is 0 Å². The van der Waals surface area contributed by atoms with E-state index >= 15 is 0 Å². The SMILES string of the molecule is Nc1ccccc1OCCN1CCCCC1CCO. The Morgan fingerprint density at radius 1 is 1.32 bits per heavy atom. The highest BCUT2D eigenvalue weighted by Crippen LogP contribution is 2.21. The van der Waals surface area contributed by atoms with Crippen molar-refractivity contribution in [2.45, 2.75) is 31.7 Å². The number of rotatable bonds is 6. The molecule has 0 bridgehead atoms. The molecular weight excluding hydrogens is 240 g/mol. The predicted molar refractivity (Wildman–Crippen MR) is 77.3 cm³/mol. The van der Waals surface area contributed by atoms with Crippen LogP contribution in [0.3, 0.4) is 0 Å². The first-order chi connectivity index (χ1) is 9.31. The molecule has 1 heterocycles. The molecule has 1 unspecified atom stereocenters. The number of nitrogens with zero attached hydrogens (tertiary/aromatic N) is 1. The summed E-state index contributed by atoms with van der Waals surface area (Å²) >= 11 is 0. The largest absolute Gasteiger partial charge is 0.490 e. The standard InChI is InChI=1S/C15H24N2O2/c16-14-6-1-2-7-15(14)19-12-10-17-9-4-3-5-13(17)8-11-18/h1-2,6-7,13,18H,3-5,8-12,16H2. The zero-order chi connectivity index (χ0) is 13.5. The third-order valence-corrected chi connectivity index (χ3v) is 3.77. The average Bonchev–Trinajstić information content (AvgIpc) is 2.43. The molecule has 1 fully saturated rings. The van der Waals surface area contributed by atoms with Gasteiger partial charge in [0, 0.05) is 19.2 Å². The zero-order valence-corrected chi connectivity index (χ0v) is 11.4. The first-order valence-corrected chi connectivity index (χ1v) is 7.13. The second-order valence-electron chi connectivity index (χ2n) is 5.08. The second kappa shape index (κ2) is 7.36. The molecule has 4 heteroatoms. The summed E-state index contributed by atoms with van der Waals surface area (Å²) in [5.74, 6) is 0.762. The first-order valence-electron chi connectivity index (χ1n) is 7.13. The van der Waals surface area contributed by atoms with Crippen LogP contribution in [0.2, 0.25) is 0 Å². The smallest absolute Gasteiger partial charge is 0.142 e. The van der Waals surface area contributed by atoms with Crippen molar-refractivity contribution in [1.82, 2.24) is 4.90 Å². The van der Waals surface area contributed by atoms with Crippen molar-refractivity contribution < 1.29 is 9.84 Å². The highest BCUT2D eigenvalue weighted by Gasteiger charge is 2.21. The first kappa shape index (κ1) is 14.2. The lowest BCUT2D eigenvalue weighted by Crippen LogP contribution is -2.42. The van der Waals surface area contributed by atoms with Gasteiger partial charge in [0.15, 0.2) is 0 Å². The van der Waals surface area contributed by atoms with Gasteiger partial charge in [0.1, 0.15) is 12.4 Å². The van der Waals surface area contributed by atoms with Crippen molar-refractivity contribution in [3.63, 3.8) is 0 Å². The maximum absolute atomic E-state index is 9.10. The van der Waals surface area contributed by atoms with E-state index in [0.717, 1.165) is 25.3 Å². The Balaban J connectivity index is 1.79. The van der Waals surface area contributed by atoms with Gasteiger partial charge >= 0.3 is 0 Å². The Morgan fingerprint density at radius 2 is 2.16 bits per heavy atom. The quantitative estimate of drug-likeness (QED) is 0.770. The average molecular weight is 264 g/mol. The molecule has 1 aliphatic rings. The summed E-state index contributed by atoms with van der Waals surface area (Å²) in [6.45, 7) is 2.93. The van der Waals surface area contributed by atoms with E-state index < -0.39 is 0 Å². The monoisotopic (exact) mass is 264 g/mol. The van der Waals surface area contributed by atoms with E-state index in [1.807, 2.05) is 24.3 Å². The lowest BCUT2D eigenvalue weighted by atomic mass is 10.00. The van der Waals surface area contributed by atoms with Crippen LogP contribution in [0.5, 0.6) is 5.75 Å². The molecular formula is C15H24N2O2. The highest BCUT2D eigenvalue weighted by molar-refractivity contribution is 5.51. The van der Waals surface area contributed by atoms with E-state index in [1.54, 1.807) is 0 Å². The maximum Gasteiger partial charge on any atom is 0.142 e. The molecule has 0 aromatic heterocycles. The molecule has 0 amide bonds. The number of hydrogen-bond donors (Lipinski definition) is 2. The molecule has 1 aliphatic heterocycles. The Kier molecular flexibility index (Phi) is 5.48. The molecule has 3 N–H and O–H groups in total. The summed E-state index contributed by atoms with van der Waals surface area (Å²) in [7, 11) is 0. The molecule has 1 aromatic carbocycles. The van der Waals surface area contributed by atoms with Gasteiger partial charge in [-0.25, -0.2) is 0 Å². The Morgan fingerprint density at radius 3 is 2.95 bits per heavy atom. The Bertz CT molecular complexity index is 382. The summed E-state index contributed by atoms with van der Waals surface area (Å²) < 4.78 is 5.74. The van der Waals surface area contributed by atoms with Crippen LogP contribution < -0.4 is 10.5 Å². The molecule has 1 saturated heterocycles. The highest BCUT2D eigenvalue weighted by atomic mass is 16.5. The number of piperidine rings is 1. The molecule has 106 valence electrons. The Labute approximate surface area is 115 Å². The van der Waals surface area contributed by atoms with Gasteiger partial charge in [0.2, 0.25) is 0 Å². The minimum Gasteiger partial charge on any atom is -0.490 e. The van der Waals surface area contributed by atoms with Gasteiger partial charge in [-0.2, -0.15) is 0 Å². The van der Waals surface area contributed by atoms with Gasteiger partial charge in [-0.1, -0.05) is 18.6 Å². The number of benzene rings is 1. The zero-order valence-electron chi connectivity index (χ0n) is 11.4. The van der Waals surface area contributed by atoms with Crippen LogP contribution in [0.15, 0.2) is 24.3 Å². The van der Waals surface area contributed by atoms with E-state index in [4.69, 9.17) is 15.6 Å². The number of likely N-dealkylation sites (tertiary alicyclic amines) is 1. The molecule has 0 radical (unpaired) electrons. The number of para-hydroxylation sites is 2. The molecule has 19 heavy (non-hydrogen) atoms. The number of ether oxygens (including phenoxy) is 1. The fourth-order valence-electron chi connectivity index (χ4n) is 2.72. The normalized spacial score (nSPS) is 20.4. The summed E-state index contributed by atoms with van der Waals surface area (Å²) in [6, 6.07) is 8.10. The number of anilines is 1. The summed E-state index contributed by atoms with van der Waals surface area (Å²) in [5.41, 5.74) is 6.53. The third kappa shape index (κ3) is 4.11. The topological polar surface area (TPSA) is 58.7 Å². The number of nitrogens with two attached hydrogens (primary N) is 1. The van der Waals surface area contributed by atoms with E-state index in [9.17, 15) is 0 Å². The van der Waals surface area contributed by atoms with Gasteiger partial charge in [-0.3, -0.25) is 4.90 Å². The minimum absolute atomic E-state index is 0.271. The number of nitrogen functional groups attached to an aromatic ring is 1. The van der Waals surface area contributed by atoms with Crippen LogP contribution in [0.4, 0.5) is 5.69 Å². The lowest BCUT2D eigenvalue weighted by molar-refractivity contribution is 0.102. The van der Waals surface area contributed by atoms with Crippen LogP contribution in [0, 0.1) is 0 Å². The van der Waals surface area contributed by atoms with Crippen LogP contribution in [-0.4, -0.2) is 42.4 Å². The van der Waals surface area contributed by atoms with Crippen molar-refractivity contribution in [2.24, 2.45) is 0 Å². The molecule has 1 atom stereocenters. The third-order valence-electron chi connectivity index (χ3n) is 3.77. The van der Waals surface area contributed by atoms with Crippen molar-refractivity contribution in [2.75, 3.05) is 32.0 Å². The molecule has 0 saturated carbocycles. The van der Waals surface area contributed by atoms with Crippen LogP contribution in [-0.2, 0) is 0 Å². The molecule has 2 rings (SSSR count). The summed E-state index contributed by atoms with van der Waals surface area (Å²) in [6.07, 6.45) is 4.57. The molecule has 4 nitrogen and oxygen atoms in total. The molecule has 1 aromatic rings. The summed E-state index contributed by atoms with van der Waals surface area (Å²) in [5, 5.41) is 9.10. The van der Waals surface area contributed by atoms with Crippen LogP contribution in [0.25, 0.3) is 0 Å². The summed E-state index contributed by atoms with van der Waals surface area (Å²) in [4.78, 5) is 2.43. The van der Waals surface area contributed by atoms with Crippen molar-refractivity contribution in [3.05, 3.63) is 24.3 Å². The fourth-order valence-corrected chi connectivity index (χ4v) is 2.72. The fraction of sp³-hybridized carbons (Fsp3) is 0.600. The van der Waals surface area contributed by atoms with Crippen LogP contribution in [0.1, 0.15) is 25.7 Å². The van der Waals surface area contributed by atoms with E-state index in [0.29, 0.717) is 18.3 Å².